The number of nitrogens with one attached hydrogen (secondary N) is 2. The SMILES string of the molecule is Cc1c(Nc2cc(S(=O)(=O)O)c(N)c3c2C(=O)c2ccccc2C3=O)c(C)c(S(=O)(=O)O)c(C)c1Nc1cc(S(=O)(=O)O)c(N)c2c1C(=O)c1ccccc1C2=O. The van der Waals surface area contributed by atoms with E-state index in [0.717, 1.165) is 12.1 Å². The first-order valence-corrected chi connectivity index (χ1v) is 20.7. The summed E-state index contributed by atoms with van der Waals surface area (Å²) >= 11 is 0. The summed E-state index contributed by atoms with van der Waals surface area (Å²) in [6.07, 6.45) is 0. The van der Waals surface area contributed by atoms with Gasteiger partial charge in [0.05, 0.1) is 45.0 Å². The maximum Gasteiger partial charge on any atom is 0.296 e. The van der Waals surface area contributed by atoms with E-state index in [0.29, 0.717) is 0 Å². The van der Waals surface area contributed by atoms with Crippen molar-refractivity contribution in [3.63, 3.8) is 0 Å². The standard InChI is InChI=1S/C37H28N4O13S3/c1-14-31(40-21-12-23(55(46,47)48)29(38)27-25(21)33(42)17-8-4-6-10-19(17)35(27)44)15(2)37(57(52,53)54)16(3)32(14)41-22-13-24(56(49,50)51)30(39)28-26(22)34(43)18-9-5-7-11-20(18)36(28)45/h4-13,40-41H,38-39H2,1-3H3,(H,46,47,48)(H,49,50,51)(H,52,53,54). The van der Waals surface area contributed by atoms with Crippen molar-refractivity contribution in [1.82, 2.24) is 0 Å². The molecule has 9 N–H and O–H groups in total. The number of nitrogen functional groups attached to an aromatic ring is 2. The van der Waals surface area contributed by atoms with Crippen LogP contribution in [-0.2, 0) is 30.4 Å². The molecule has 5 aromatic carbocycles. The molecule has 0 atom stereocenters. The molecule has 57 heavy (non-hydrogen) atoms. The van der Waals surface area contributed by atoms with Crippen molar-refractivity contribution in [3.8, 4) is 0 Å². The molecule has 292 valence electrons. The molecule has 2 aliphatic rings. The third-order valence-corrected chi connectivity index (χ3v) is 12.8. The van der Waals surface area contributed by atoms with Crippen LogP contribution in [0.4, 0.5) is 34.1 Å². The maximum atomic E-state index is 14.0. The molecule has 20 heteroatoms. The van der Waals surface area contributed by atoms with Crippen molar-refractivity contribution in [2.75, 3.05) is 22.1 Å². The molecule has 0 heterocycles. The van der Waals surface area contributed by atoms with E-state index in [2.05, 4.69) is 10.6 Å². The number of ketones is 4. The minimum Gasteiger partial charge on any atom is -0.397 e. The van der Waals surface area contributed by atoms with E-state index < -0.39 is 113 Å². The molecule has 2 aliphatic carbocycles. The number of benzene rings is 5. The smallest absolute Gasteiger partial charge is 0.296 e. The number of fused-ring (bicyclic) bond motifs is 4. The fourth-order valence-electron chi connectivity index (χ4n) is 7.44. The Morgan fingerprint density at radius 1 is 0.474 bits per heavy atom. The van der Waals surface area contributed by atoms with Gasteiger partial charge in [-0.05, 0) is 49.6 Å². The summed E-state index contributed by atoms with van der Waals surface area (Å²) in [5, 5.41) is 5.59. The molecule has 0 spiro atoms. The topological polar surface area (TPSA) is 307 Å². The number of anilines is 6. The zero-order valence-electron chi connectivity index (χ0n) is 29.6. The summed E-state index contributed by atoms with van der Waals surface area (Å²) in [5.74, 6) is -3.34. The van der Waals surface area contributed by atoms with E-state index in [9.17, 15) is 58.1 Å². The first-order valence-electron chi connectivity index (χ1n) is 16.4. The molecule has 0 fully saturated rings. The monoisotopic (exact) mass is 832 g/mol. The van der Waals surface area contributed by atoms with Crippen molar-refractivity contribution in [1.29, 1.82) is 0 Å². The lowest BCUT2D eigenvalue weighted by molar-refractivity contribution is 0.0980. The lowest BCUT2D eigenvalue weighted by Gasteiger charge is -2.27. The molecule has 0 aliphatic heterocycles. The highest BCUT2D eigenvalue weighted by Gasteiger charge is 2.39. The highest BCUT2D eigenvalue weighted by molar-refractivity contribution is 7.86. The molecular weight excluding hydrogens is 805 g/mol. The average Bonchev–Trinajstić information content (AvgIpc) is 3.12. The van der Waals surface area contributed by atoms with Crippen molar-refractivity contribution >= 4 is 87.6 Å². The van der Waals surface area contributed by atoms with Crippen LogP contribution >= 0.6 is 0 Å². The summed E-state index contributed by atoms with van der Waals surface area (Å²) in [6, 6.07) is 12.7. The second kappa shape index (κ2) is 12.9. The van der Waals surface area contributed by atoms with Crippen LogP contribution in [0, 0.1) is 20.8 Å². The van der Waals surface area contributed by atoms with Crippen LogP contribution in [0.25, 0.3) is 0 Å². The molecule has 0 saturated heterocycles. The van der Waals surface area contributed by atoms with Gasteiger partial charge in [0.15, 0.2) is 23.1 Å². The van der Waals surface area contributed by atoms with Gasteiger partial charge in [-0.3, -0.25) is 32.8 Å². The Bertz CT molecular complexity index is 2930. The molecule has 0 bridgehead atoms. The molecule has 0 radical (unpaired) electrons. The molecule has 0 aromatic heterocycles. The van der Waals surface area contributed by atoms with Gasteiger partial charge in [-0.25, -0.2) is 0 Å². The lowest BCUT2D eigenvalue weighted by Crippen LogP contribution is -2.25. The Labute approximate surface area is 324 Å². The van der Waals surface area contributed by atoms with Gasteiger partial charge < -0.3 is 22.1 Å². The van der Waals surface area contributed by atoms with E-state index in [-0.39, 0.29) is 50.3 Å². The molecule has 0 unspecified atom stereocenters. The summed E-state index contributed by atoms with van der Waals surface area (Å²) in [5.41, 5.74) is 6.48. The number of rotatable bonds is 7. The van der Waals surface area contributed by atoms with Gasteiger partial charge in [-0.2, -0.15) is 25.3 Å². The summed E-state index contributed by atoms with van der Waals surface area (Å²) in [4.78, 5) is 52.8. The molecule has 5 aromatic rings. The first-order chi connectivity index (χ1) is 26.5. The Balaban J connectivity index is 1.52. The molecule has 0 saturated carbocycles. The van der Waals surface area contributed by atoms with E-state index in [1.165, 1.54) is 69.3 Å². The minimum atomic E-state index is -5.18. The quantitative estimate of drug-likeness (QED) is 0.0855. The highest BCUT2D eigenvalue weighted by Crippen LogP contribution is 2.46. The summed E-state index contributed by atoms with van der Waals surface area (Å²) in [7, 11) is -15.5. The zero-order chi connectivity index (χ0) is 41.8. The Kier molecular flexibility index (Phi) is 8.80. The van der Waals surface area contributed by atoms with Gasteiger partial charge in [0.25, 0.3) is 30.4 Å². The van der Waals surface area contributed by atoms with E-state index in [1.54, 1.807) is 0 Å². The second-order valence-corrected chi connectivity index (χ2v) is 17.3. The van der Waals surface area contributed by atoms with Gasteiger partial charge >= 0.3 is 0 Å². The third-order valence-electron chi connectivity index (χ3n) is 9.91. The van der Waals surface area contributed by atoms with E-state index in [1.807, 2.05) is 0 Å². The van der Waals surface area contributed by atoms with Crippen LogP contribution in [0.3, 0.4) is 0 Å². The Morgan fingerprint density at radius 2 is 0.772 bits per heavy atom. The number of carbonyl (C=O) groups is 4. The average molecular weight is 833 g/mol. The minimum absolute atomic E-state index is 0.0142. The van der Waals surface area contributed by atoms with Crippen molar-refractivity contribution in [2.24, 2.45) is 0 Å². The number of carbonyl (C=O) groups excluding carboxylic acids is 4. The van der Waals surface area contributed by atoms with E-state index in [4.69, 9.17) is 11.5 Å². The highest BCUT2D eigenvalue weighted by atomic mass is 32.2. The van der Waals surface area contributed by atoms with Crippen LogP contribution in [-0.4, -0.2) is 62.0 Å². The number of hydrogen-bond acceptors (Lipinski definition) is 14. The van der Waals surface area contributed by atoms with E-state index >= 15 is 0 Å². The number of hydrogen-bond donors (Lipinski definition) is 7. The van der Waals surface area contributed by atoms with Gasteiger partial charge in [0, 0.05) is 33.6 Å². The summed E-state index contributed by atoms with van der Waals surface area (Å²) < 4.78 is 107. The fourth-order valence-corrected chi connectivity index (χ4v) is 9.71. The second-order valence-electron chi connectivity index (χ2n) is 13.2. The van der Waals surface area contributed by atoms with Crippen LogP contribution in [0.5, 0.6) is 0 Å². The normalized spacial score (nSPS) is 13.8. The predicted octanol–water partition coefficient (Wildman–Crippen LogP) is 4.55. The van der Waals surface area contributed by atoms with Crippen molar-refractivity contribution in [2.45, 2.75) is 35.5 Å². The predicted molar refractivity (Wildman–Crippen MR) is 205 cm³/mol. The fraction of sp³-hybridized carbons (Fsp3) is 0.0811. The third kappa shape index (κ3) is 5.97. The van der Waals surface area contributed by atoms with Crippen LogP contribution in [0.1, 0.15) is 80.4 Å². The number of nitrogens with two attached hydrogens (primary N) is 2. The van der Waals surface area contributed by atoms with Gasteiger partial charge in [0.2, 0.25) is 0 Å². The largest absolute Gasteiger partial charge is 0.397 e. The molecule has 0 amide bonds. The molecule has 17 nitrogen and oxygen atoms in total. The van der Waals surface area contributed by atoms with Crippen LogP contribution in [0.2, 0.25) is 0 Å². The van der Waals surface area contributed by atoms with Crippen molar-refractivity contribution < 1.29 is 58.1 Å². The van der Waals surface area contributed by atoms with Gasteiger partial charge in [0.1, 0.15) is 14.7 Å². The molecular formula is C37H28N4O13S3. The first kappa shape index (κ1) is 39.0. The Morgan fingerprint density at radius 3 is 1.05 bits per heavy atom. The Hall–Kier alpha value is -6.29. The van der Waals surface area contributed by atoms with Crippen LogP contribution < -0.4 is 22.1 Å². The van der Waals surface area contributed by atoms with Gasteiger partial charge in [-0.15, -0.1) is 0 Å². The maximum absolute atomic E-state index is 14.0. The zero-order valence-corrected chi connectivity index (χ0v) is 32.0. The van der Waals surface area contributed by atoms with Crippen molar-refractivity contribution in [3.05, 3.63) is 122 Å². The van der Waals surface area contributed by atoms with Crippen LogP contribution in [0.15, 0.2) is 75.4 Å². The molecule has 7 rings (SSSR count). The van der Waals surface area contributed by atoms with Gasteiger partial charge in [-0.1, -0.05) is 48.5 Å². The summed E-state index contributed by atoms with van der Waals surface area (Å²) in [6.45, 7) is 3.86. The lowest BCUT2D eigenvalue weighted by atomic mass is 9.82.